The first-order valence-electron chi connectivity index (χ1n) is 8.42. The zero-order valence-corrected chi connectivity index (χ0v) is 16.4. The third kappa shape index (κ3) is 4.35. The van der Waals surface area contributed by atoms with Gasteiger partial charge in [-0.3, -0.25) is 19.8 Å². The van der Waals surface area contributed by atoms with Gasteiger partial charge in [-0.1, -0.05) is 24.6 Å². The van der Waals surface area contributed by atoms with Gasteiger partial charge in [-0.05, 0) is 60.2 Å². The Morgan fingerprint density at radius 1 is 1.29 bits per heavy atom. The van der Waals surface area contributed by atoms with Crippen molar-refractivity contribution in [1.29, 1.82) is 0 Å². The largest absolute Gasteiger partial charge is 0.502 e. The van der Waals surface area contributed by atoms with Crippen LogP contribution in [0, 0.1) is 10.1 Å². The average molecular weight is 418 g/mol. The second-order valence-electron chi connectivity index (χ2n) is 5.94. The zero-order chi connectivity index (χ0) is 20.3. The first-order chi connectivity index (χ1) is 13.4. The summed E-state index contributed by atoms with van der Waals surface area (Å²) >= 11 is 7.10. The van der Waals surface area contributed by atoms with Crippen molar-refractivity contribution in [3.63, 3.8) is 0 Å². The topological polar surface area (TPSA) is 96.0 Å². The molecule has 1 heterocycles. The minimum absolute atomic E-state index is 0.213. The fourth-order valence-corrected chi connectivity index (χ4v) is 3.72. The van der Waals surface area contributed by atoms with Crippen LogP contribution in [0.15, 0.2) is 52.4 Å². The van der Waals surface area contributed by atoms with E-state index in [1.165, 1.54) is 30.0 Å². The predicted molar refractivity (Wildman–Crippen MR) is 111 cm³/mol. The lowest BCUT2D eigenvalue weighted by atomic mass is 10.1. The van der Waals surface area contributed by atoms with Gasteiger partial charge in [0, 0.05) is 17.6 Å². The van der Waals surface area contributed by atoms with E-state index in [-0.39, 0.29) is 5.91 Å². The van der Waals surface area contributed by atoms with Gasteiger partial charge in [0.2, 0.25) is 0 Å². The molecule has 7 nitrogen and oxygen atoms in total. The number of hydrogen-bond donors (Lipinski definition) is 1. The molecule has 1 N–H and O–H groups in total. The highest BCUT2D eigenvalue weighted by atomic mass is 35.5. The summed E-state index contributed by atoms with van der Waals surface area (Å²) in [7, 11) is 0. The maximum Gasteiger partial charge on any atom is 0.311 e. The minimum Gasteiger partial charge on any atom is -0.502 e. The molecule has 2 aromatic carbocycles. The van der Waals surface area contributed by atoms with E-state index in [1.807, 2.05) is 6.92 Å². The Morgan fingerprint density at radius 2 is 2.00 bits per heavy atom. The molecular weight excluding hydrogens is 402 g/mol. The Hall–Kier alpha value is -2.84. The van der Waals surface area contributed by atoms with E-state index in [0.29, 0.717) is 32.9 Å². The van der Waals surface area contributed by atoms with Gasteiger partial charge in [0.05, 0.1) is 15.5 Å². The van der Waals surface area contributed by atoms with E-state index >= 15 is 0 Å². The molecule has 1 aliphatic heterocycles. The number of thioether (sulfide) groups is 1. The SMILES string of the molecule is CCCN1C(=O)/C(=C/c2ccc(O)c([N+](=O)[O-])c2)SC1=Nc1ccc(Cl)cc1. The second-order valence-corrected chi connectivity index (χ2v) is 7.39. The normalized spacial score (nSPS) is 16.9. The maximum absolute atomic E-state index is 12.8. The standard InChI is InChI=1S/C19H16ClN3O4S/c1-2-9-22-18(25)17(11-12-3-8-16(24)15(10-12)23(26)27)28-19(22)21-14-6-4-13(20)5-7-14/h3-8,10-11,24H,2,9H2,1H3/b17-11-,21-19?. The number of carbonyl (C=O) groups excluding carboxylic acids is 1. The fourth-order valence-electron chi connectivity index (χ4n) is 2.57. The molecule has 9 heteroatoms. The number of phenols is 1. The van der Waals surface area contributed by atoms with Gasteiger partial charge < -0.3 is 5.11 Å². The van der Waals surface area contributed by atoms with E-state index in [9.17, 15) is 20.0 Å². The lowest BCUT2D eigenvalue weighted by molar-refractivity contribution is -0.385. The molecule has 0 saturated carbocycles. The van der Waals surface area contributed by atoms with E-state index in [1.54, 1.807) is 35.2 Å². The van der Waals surface area contributed by atoms with Crippen molar-refractivity contribution < 1.29 is 14.8 Å². The highest BCUT2D eigenvalue weighted by Gasteiger charge is 2.32. The Kier molecular flexibility index (Phi) is 6.01. The second kappa shape index (κ2) is 8.45. The Bertz CT molecular complexity index is 989. The van der Waals surface area contributed by atoms with Gasteiger partial charge in [-0.25, -0.2) is 4.99 Å². The van der Waals surface area contributed by atoms with Crippen LogP contribution in [0.2, 0.25) is 5.02 Å². The number of hydrogen-bond acceptors (Lipinski definition) is 6. The van der Waals surface area contributed by atoms with Gasteiger partial charge >= 0.3 is 5.69 Å². The average Bonchev–Trinajstić information content (AvgIpc) is 2.94. The molecule has 3 rings (SSSR count). The van der Waals surface area contributed by atoms with Gasteiger partial charge in [0.15, 0.2) is 10.9 Å². The van der Waals surface area contributed by atoms with E-state index in [4.69, 9.17) is 11.6 Å². The zero-order valence-electron chi connectivity index (χ0n) is 14.8. The van der Waals surface area contributed by atoms with Gasteiger partial charge in [-0.2, -0.15) is 0 Å². The van der Waals surface area contributed by atoms with Crippen molar-refractivity contribution in [2.75, 3.05) is 6.54 Å². The molecule has 0 unspecified atom stereocenters. The number of nitrogens with zero attached hydrogens (tertiary/aromatic N) is 3. The number of halogens is 1. The Labute approximate surface area is 170 Å². The number of rotatable bonds is 5. The van der Waals surface area contributed by atoms with E-state index in [2.05, 4.69) is 4.99 Å². The number of aliphatic imine (C=N–C) groups is 1. The summed E-state index contributed by atoms with van der Waals surface area (Å²) in [6.07, 6.45) is 2.32. The highest BCUT2D eigenvalue weighted by Crippen LogP contribution is 2.35. The number of carbonyl (C=O) groups is 1. The Balaban J connectivity index is 1.96. The van der Waals surface area contributed by atoms with Crippen LogP contribution >= 0.6 is 23.4 Å². The van der Waals surface area contributed by atoms with Crippen molar-refractivity contribution in [1.82, 2.24) is 4.90 Å². The molecule has 1 saturated heterocycles. The van der Waals surface area contributed by atoms with Crippen LogP contribution in [0.1, 0.15) is 18.9 Å². The number of phenolic OH excluding ortho intramolecular Hbond substituents is 1. The summed E-state index contributed by atoms with van der Waals surface area (Å²) in [5, 5.41) is 21.7. The van der Waals surface area contributed by atoms with Crippen molar-refractivity contribution >= 4 is 51.9 Å². The first kappa shape index (κ1) is 19.9. The number of nitro groups is 1. The fraction of sp³-hybridized carbons (Fsp3) is 0.158. The summed E-state index contributed by atoms with van der Waals surface area (Å²) in [6, 6.07) is 10.9. The molecule has 28 heavy (non-hydrogen) atoms. The highest BCUT2D eigenvalue weighted by molar-refractivity contribution is 8.18. The van der Waals surface area contributed by atoms with Gasteiger partial charge in [0.25, 0.3) is 5.91 Å². The van der Waals surface area contributed by atoms with E-state index < -0.39 is 16.4 Å². The molecule has 0 bridgehead atoms. The van der Waals surface area contributed by atoms with Crippen LogP contribution in [0.5, 0.6) is 5.75 Å². The maximum atomic E-state index is 12.8. The van der Waals surface area contributed by atoms with Crippen molar-refractivity contribution in [2.24, 2.45) is 4.99 Å². The van der Waals surface area contributed by atoms with Crippen molar-refractivity contribution in [3.8, 4) is 5.75 Å². The minimum atomic E-state index is -0.669. The summed E-state index contributed by atoms with van der Waals surface area (Å²) in [5.74, 6) is -0.634. The molecule has 1 aliphatic rings. The third-order valence-electron chi connectivity index (χ3n) is 3.88. The van der Waals surface area contributed by atoms with Crippen LogP contribution in [0.3, 0.4) is 0 Å². The molecule has 0 spiro atoms. The number of amidine groups is 1. The van der Waals surface area contributed by atoms with Crippen LogP contribution in [-0.2, 0) is 4.79 Å². The molecule has 0 atom stereocenters. The number of nitro benzene ring substituents is 1. The molecule has 1 fully saturated rings. The molecule has 0 aromatic heterocycles. The van der Waals surface area contributed by atoms with Gasteiger partial charge in [0.1, 0.15) is 0 Å². The molecule has 0 radical (unpaired) electrons. The van der Waals surface area contributed by atoms with Crippen LogP contribution in [0.4, 0.5) is 11.4 Å². The summed E-state index contributed by atoms with van der Waals surface area (Å²) in [6.45, 7) is 2.47. The lowest BCUT2D eigenvalue weighted by Crippen LogP contribution is -2.29. The number of benzene rings is 2. The van der Waals surface area contributed by atoms with Gasteiger partial charge in [-0.15, -0.1) is 0 Å². The van der Waals surface area contributed by atoms with Crippen molar-refractivity contribution in [3.05, 3.63) is 68.1 Å². The quantitative estimate of drug-likeness (QED) is 0.421. The van der Waals surface area contributed by atoms with E-state index in [0.717, 1.165) is 6.42 Å². The summed E-state index contributed by atoms with van der Waals surface area (Å²) in [5.41, 5.74) is 0.706. The number of amides is 1. The molecule has 2 aromatic rings. The number of aromatic hydroxyl groups is 1. The molecule has 0 aliphatic carbocycles. The van der Waals surface area contributed by atoms with Crippen LogP contribution < -0.4 is 0 Å². The smallest absolute Gasteiger partial charge is 0.311 e. The molecule has 144 valence electrons. The lowest BCUT2D eigenvalue weighted by Gasteiger charge is -2.13. The summed E-state index contributed by atoms with van der Waals surface area (Å²) < 4.78 is 0. The first-order valence-corrected chi connectivity index (χ1v) is 9.61. The monoisotopic (exact) mass is 417 g/mol. The Morgan fingerprint density at radius 3 is 2.64 bits per heavy atom. The molecule has 1 amide bonds. The molecular formula is C19H16ClN3O4S. The van der Waals surface area contributed by atoms with Crippen molar-refractivity contribution in [2.45, 2.75) is 13.3 Å². The predicted octanol–water partition coefficient (Wildman–Crippen LogP) is 4.97. The third-order valence-corrected chi connectivity index (χ3v) is 5.14. The van der Waals surface area contributed by atoms with Crippen LogP contribution in [0.25, 0.3) is 6.08 Å². The summed E-state index contributed by atoms with van der Waals surface area (Å²) in [4.78, 5) is 29.7. The van der Waals surface area contributed by atoms with Crippen LogP contribution in [-0.4, -0.2) is 32.5 Å².